The molecule has 0 aromatic heterocycles. The van der Waals surface area contributed by atoms with E-state index < -0.39 is 17.7 Å². The minimum Gasteiger partial charge on any atom is -0.385 e. The first-order valence-corrected chi connectivity index (χ1v) is 5.33. The fourth-order valence-electron chi connectivity index (χ4n) is 1.15. The summed E-state index contributed by atoms with van der Waals surface area (Å²) in [6, 6.07) is 0. The van der Waals surface area contributed by atoms with E-state index in [-0.39, 0.29) is 13.1 Å². The van der Waals surface area contributed by atoms with Crippen LogP contribution < -0.4 is 11.1 Å². The van der Waals surface area contributed by atoms with Crippen LogP contribution in [0.15, 0.2) is 0 Å². The standard InChI is InChI=1S/C10H19N3O4/c1-8(14)13(6-4-11)10(16)9(15)12-5-3-7-17-2/h3-7,11H2,1-2H3,(H,12,15). The van der Waals surface area contributed by atoms with Gasteiger partial charge in [0.15, 0.2) is 0 Å². The van der Waals surface area contributed by atoms with E-state index in [0.717, 1.165) is 4.90 Å². The van der Waals surface area contributed by atoms with E-state index in [4.69, 9.17) is 10.5 Å². The first-order chi connectivity index (χ1) is 8.04. The topological polar surface area (TPSA) is 102 Å². The molecule has 0 fully saturated rings. The number of carbonyl (C=O) groups is 3. The van der Waals surface area contributed by atoms with Gasteiger partial charge in [0.05, 0.1) is 0 Å². The highest BCUT2D eigenvalue weighted by molar-refractivity contribution is 6.37. The van der Waals surface area contributed by atoms with Gasteiger partial charge in [0.1, 0.15) is 0 Å². The average Bonchev–Trinajstić information content (AvgIpc) is 2.30. The van der Waals surface area contributed by atoms with Crippen molar-refractivity contribution >= 4 is 17.7 Å². The molecule has 0 unspecified atom stereocenters. The minimum absolute atomic E-state index is 0.0413. The summed E-state index contributed by atoms with van der Waals surface area (Å²) < 4.78 is 4.79. The van der Waals surface area contributed by atoms with E-state index in [9.17, 15) is 14.4 Å². The van der Waals surface area contributed by atoms with Crippen LogP contribution in [0.5, 0.6) is 0 Å². The van der Waals surface area contributed by atoms with Crippen molar-refractivity contribution in [3.63, 3.8) is 0 Å². The summed E-state index contributed by atoms with van der Waals surface area (Å²) in [6.07, 6.45) is 0.604. The first kappa shape index (κ1) is 15.5. The largest absolute Gasteiger partial charge is 0.385 e. The van der Waals surface area contributed by atoms with Crippen molar-refractivity contribution in [3.05, 3.63) is 0 Å². The van der Waals surface area contributed by atoms with Crippen molar-refractivity contribution in [1.82, 2.24) is 10.2 Å². The van der Waals surface area contributed by atoms with Crippen LogP contribution in [0.3, 0.4) is 0 Å². The van der Waals surface area contributed by atoms with Gasteiger partial charge in [-0.1, -0.05) is 0 Å². The number of imide groups is 1. The highest BCUT2D eigenvalue weighted by atomic mass is 16.5. The van der Waals surface area contributed by atoms with Crippen molar-refractivity contribution in [2.45, 2.75) is 13.3 Å². The molecule has 7 heteroatoms. The maximum atomic E-state index is 11.5. The van der Waals surface area contributed by atoms with Crippen molar-refractivity contribution < 1.29 is 19.1 Å². The van der Waals surface area contributed by atoms with Crippen LogP contribution in [-0.4, -0.2) is 56.0 Å². The van der Waals surface area contributed by atoms with Crippen LogP contribution in [0.2, 0.25) is 0 Å². The fourth-order valence-corrected chi connectivity index (χ4v) is 1.15. The normalized spacial score (nSPS) is 9.82. The Labute approximate surface area is 100 Å². The quantitative estimate of drug-likeness (QED) is 0.437. The zero-order valence-electron chi connectivity index (χ0n) is 10.2. The Kier molecular flexibility index (Phi) is 7.91. The maximum absolute atomic E-state index is 11.5. The molecule has 0 atom stereocenters. The highest BCUT2D eigenvalue weighted by Crippen LogP contribution is 1.91. The zero-order valence-corrected chi connectivity index (χ0v) is 10.2. The monoisotopic (exact) mass is 245 g/mol. The lowest BCUT2D eigenvalue weighted by Gasteiger charge is -2.17. The minimum atomic E-state index is -0.875. The van der Waals surface area contributed by atoms with Crippen LogP contribution in [0, 0.1) is 0 Å². The molecule has 0 radical (unpaired) electrons. The predicted molar refractivity (Wildman–Crippen MR) is 61.0 cm³/mol. The Morgan fingerprint density at radius 2 is 2.00 bits per heavy atom. The third-order valence-electron chi connectivity index (χ3n) is 1.98. The van der Waals surface area contributed by atoms with Crippen molar-refractivity contribution in [2.24, 2.45) is 5.73 Å². The lowest BCUT2D eigenvalue weighted by Crippen LogP contribution is -2.47. The SMILES string of the molecule is COCCCNC(=O)C(=O)N(CCN)C(C)=O. The molecule has 0 saturated heterocycles. The van der Waals surface area contributed by atoms with Gasteiger partial charge >= 0.3 is 11.8 Å². The Morgan fingerprint density at radius 1 is 1.35 bits per heavy atom. The Hall–Kier alpha value is -1.47. The lowest BCUT2D eigenvalue weighted by molar-refractivity contribution is -0.151. The van der Waals surface area contributed by atoms with Crippen molar-refractivity contribution in [2.75, 3.05) is 33.4 Å². The summed E-state index contributed by atoms with van der Waals surface area (Å²) in [6.45, 7) is 2.20. The molecule has 98 valence electrons. The van der Waals surface area contributed by atoms with Gasteiger partial charge in [0, 0.05) is 40.3 Å². The number of carbonyl (C=O) groups excluding carboxylic acids is 3. The smallest absolute Gasteiger partial charge is 0.318 e. The molecular weight excluding hydrogens is 226 g/mol. The second-order valence-electron chi connectivity index (χ2n) is 3.37. The Bertz CT molecular complexity index is 281. The van der Waals surface area contributed by atoms with Crippen molar-refractivity contribution in [1.29, 1.82) is 0 Å². The number of hydrogen-bond donors (Lipinski definition) is 2. The molecule has 0 aromatic rings. The number of amides is 3. The maximum Gasteiger partial charge on any atom is 0.318 e. The van der Waals surface area contributed by atoms with Gasteiger partial charge in [0.25, 0.3) is 0 Å². The number of nitrogens with two attached hydrogens (primary N) is 1. The average molecular weight is 245 g/mol. The molecule has 0 bridgehead atoms. The zero-order chi connectivity index (χ0) is 13.3. The molecule has 0 heterocycles. The molecule has 0 spiro atoms. The molecule has 0 aromatic carbocycles. The predicted octanol–water partition coefficient (Wildman–Crippen LogP) is -1.53. The molecule has 0 aliphatic rings. The Morgan fingerprint density at radius 3 is 2.47 bits per heavy atom. The van der Waals surface area contributed by atoms with Crippen molar-refractivity contribution in [3.8, 4) is 0 Å². The summed E-state index contributed by atoms with van der Waals surface area (Å²) in [7, 11) is 1.55. The summed E-state index contributed by atoms with van der Waals surface area (Å²) in [5.41, 5.74) is 5.25. The van der Waals surface area contributed by atoms with E-state index in [2.05, 4.69) is 5.32 Å². The first-order valence-electron chi connectivity index (χ1n) is 5.33. The number of ether oxygens (including phenoxy) is 1. The second-order valence-corrected chi connectivity index (χ2v) is 3.37. The van der Waals surface area contributed by atoms with Gasteiger partial charge in [0.2, 0.25) is 5.91 Å². The van der Waals surface area contributed by atoms with E-state index >= 15 is 0 Å². The van der Waals surface area contributed by atoms with Crippen LogP contribution >= 0.6 is 0 Å². The van der Waals surface area contributed by atoms with Crippen LogP contribution in [0.25, 0.3) is 0 Å². The number of rotatable bonds is 6. The van der Waals surface area contributed by atoms with Gasteiger partial charge in [-0.2, -0.15) is 0 Å². The van der Waals surface area contributed by atoms with Gasteiger partial charge in [-0.15, -0.1) is 0 Å². The van der Waals surface area contributed by atoms with E-state index in [1.807, 2.05) is 0 Å². The third kappa shape index (κ3) is 5.98. The molecule has 0 aliphatic heterocycles. The molecule has 7 nitrogen and oxygen atoms in total. The molecule has 3 amide bonds. The highest BCUT2D eigenvalue weighted by Gasteiger charge is 2.23. The molecule has 17 heavy (non-hydrogen) atoms. The van der Waals surface area contributed by atoms with Crippen LogP contribution in [-0.2, 0) is 19.1 Å². The second kappa shape index (κ2) is 8.66. The number of nitrogens with one attached hydrogen (secondary N) is 1. The number of hydrogen-bond acceptors (Lipinski definition) is 5. The van der Waals surface area contributed by atoms with Gasteiger partial charge in [-0.3, -0.25) is 19.3 Å². The summed E-state index contributed by atoms with van der Waals surface area (Å²) in [5.74, 6) is -2.17. The third-order valence-corrected chi connectivity index (χ3v) is 1.98. The van der Waals surface area contributed by atoms with E-state index in [1.54, 1.807) is 7.11 Å². The molecule has 0 rings (SSSR count). The number of methoxy groups -OCH3 is 1. The van der Waals surface area contributed by atoms with Gasteiger partial charge in [-0.05, 0) is 6.42 Å². The van der Waals surface area contributed by atoms with E-state index in [1.165, 1.54) is 6.92 Å². The summed E-state index contributed by atoms with van der Waals surface area (Å²) >= 11 is 0. The van der Waals surface area contributed by atoms with Crippen LogP contribution in [0.1, 0.15) is 13.3 Å². The summed E-state index contributed by atoms with van der Waals surface area (Å²) in [4.78, 5) is 34.9. The van der Waals surface area contributed by atoms with Gasteiger partial charge in [-0.25, -0.2) is 0 Å². The van der Waals surface area contributed by atoms with Gasteiger partial charge < -0.3 is 15.8 Å². The molecule has 3 N–H and O–H groups in total. The fraction of sp³-hybridized carbons (Fsp3) is 0.700. The summed E-state index contributed by atoms with van der Waals surface area (Å²) in [5, 5.41) is 2.41. The van der Waals surface area contributed by atoms with E-state index in [0.29, 0.717) is 19.6 Å². The lowest BCUT2D eigenvalue weighted by atomic mass is 10.4. The number of nitrogens with zero attached hydrogens (tertiary/aromatic N) is 1. The molecule has 0 aliphatic carbocycles. The Balaban J connectivity index is 4.16. The molecular formula is C10H19N3O4. The molecule has 0 saturated carbocycles. The van der Waals surface area contributed by atoms with Crippen LogP contribution in [0.4, 0.5) is 0 Å².